The highest BCUT2D eigenvalue weighted by atomic mass is 19.4. The molecule has 0 saturated carbocycles. The van der Waals surface area contributed by atoms with Crippen molar-refractivity contribution in [2.24, 2.45) is 0 Å². The summed E-state index contributed by atoms with van der Waals surface area (Å²) in [5.41, 5.74) is 1.40. The minimum absolute atomic E-state index is 0.120. The van der Waals surface area contributed by atoms with E-state index in [1.54, 1.807) is 23.5 Å². The first kappa shape index (κ1) is 17.6. The Labute approximate surface area is 161 Å². The van der Waals surface area contributed by atoms with Crippen LogP contribution in [0.1, 0.15) is 28.7 Å². The fourth-order valence-electron chi connectivity index (χ4n) is 3.54. The molecule has 0 spiro atoms. The number of hydrogen-bond donors (Lipinski definition) is 1. The van der Waals surface area contributed by atoms with E-state index < -0.39 is 23.6 Å². The van der Waals surface area contributed by atoms with Gasteiger partial charge in [-0.2, -0.15) is 18.3 Å². The van der Waals surface area contributed by atoms with Gasteiger partial charge in [0.2, 0.25) is 5.95 Å². The van der Waals surface area contributed by atoms with Crippen LogP contribution >= 0.6 is 0 Å². The minimum atomic E-state index is -4.52. The predicted molar refractivity (Wildman–Crippen MR) is 93.7 cm³/mol. The molecule has 0 radical (unpaired) electrons. The topological polar surface area (TPSA) is 75.0 Å². The van der Waals surface area contributed by atoms with Gasteiger partial charge in [-0.15, -0.1) is 0 Å². The molecule has 4 aromatic rings. The second-order valence-corrected chi connectivity index (χ2v) is 6.64. The molecule has 11 heteroatoms. The van der Waals surface area contributed by atoms with Crippen molar-refractivity contribution in [1.82, 2.24) is 29.5 Å². The van der Waals surface area contributed by atoms with Gasteiger partial charge in [0, 0.05) is 37.3 Å². The van der Waals surface area contributed by atoms with Gasteiger partial charge in [-0.1, -0.05) is 0 Å². The fraction of sp³-hybridized carbons (Fsp3) is 0.222. The number of nitrogens with zero attached hydrogens (tertiary/aromatic N) is 6. The van der Waals surface area contributed by atoms with Gasteiger partial charge in [-0.25, -0.2) is 23.9 Å². The largest absolute Gasteiger partial charge is 0.419 e. The summed E-state index contributed by atoms with van der Waals surface area (Å²) in [5.74, 6) is -0.309. The molecule has 1 N–H and O–H groups in total. The molecule has 5 heterocycles. The summed E-state index contributed by atoms with van der Waals surface area (Å²) in [7, 11) is 0. The molecule has 148 valence electrons. The van der Waals surface area contributed by atoms with E-state index in [1.807, 2.05) is 0 Å². The maximum Gasteiger partial charge on any atom is 0.419 e. The highest BCUT2D eigenvalue weighted by Crippen LogP contribution is 2.36. The van der Waals surface area contributed by atoms with E-state index >= 15 is 0 Å². The predicted octanol–water partition coefficient (Wildman–Crippen LogP) is 3.16. The van der Waals surface area contributed by atoms with Gasteiger partial charge in [0.05, 0.1) is 23.3 Å². The molecule has 0 bridgehead atoms. The maximum atomic E-state index is 14.2. The van der Waals surface area contributed by atoms with Crippen LogP contribution in [0.4, 0.5) is 23.5 Å². The second-order valence-electron chi connectivity index (χ2n) is 6.64. The molecule has 0 amide bonds. The quantitative estimate of drug-likeness (QED) is 0.521. The van der Waals surface area contributed by atoms with Crippen molar-refractivity contribution in [2.75, 3.05) is 11.4 Å². The Morgan fingerprint density at radius 2 is 1.93 bits per heavy atom. The lowest BCUT2D eigenvalue weighted by molar-refractivity contribution is -0.138. The average molecular weight is 403 g/mol. The van der Waals surface area contributed by atoms with Gasteiger partial charge in [0.1, 0.15) is 17.4 Å². The number of fused-ring (bicyclic) bond motifs is 2. The molecule has 5 rings (SSSR count). The molecule has 1 atom stereocenters. The van der Waals surface area contributed by atoms with Gasteiger partial charge >= 0.3 is 6.18 Å². The van der Waals surface area contributed by atoms with Gasteiger partial charge in [0.25, 0.3) is 0 Å². The van der Waals surface area contributed by atoms with E-state index in [0.717, 1.165) is 18.1 Å². The Balaban J connectivity index is 1.61. The zero-order valence-electron chi connectivity index (χ0n) is 14.7. The number of imidazole rings is 1. The van der Waals surface area contributed by atoms with Gasteiger partial charge < -0.3 is 9.88 Å². The standard InChI is InChI=1S/C18H13F4N7/c19-11-2-1-4-29-14(11)6-13(27-29)16-15-12(25-9-26-15)3-5-28(16)17-23-7-10(8-24-17)18(20,21)22/h1-2,4,6-9,16H,3,5H2,(H,25,26)/t16-/m1/s1. The van der Waals surface area contributed by atoms with E-state index in [-0.39, 0.29) is 5.95 Å². The lowest BCUT2D eigenvalue weighted by Gasteiger charge is -2.33. The molecule has 0 aromatic carbocycles. The van der Waals surface area contributed by atoms with Crippen LogP contribution in [-0.4, -0.2) is 36.1 Å². The van der Waals surface area contributed by atoms with Crippen molar-refractivity contribution in [2.45, 2.75) is 18.6 Å². The summed E-state index contributed by atoms with van der Waals surface area (Å²) < 4.78 is 54.1. The highest BCUT2D eigenvalue weighted by Gasteiger charge is 2.36. The van der Waals surface area contributed by atoms with Crippen LogP contribution in [0.2, 0.25) is 0 Å². The van der Waals surface area contributed by atoms with Gasteiger partial charge in [-0.05, 0) is 18.2 Å². The van der Waals surface area contributed by atoms with Crippen molar-refractivity contribution in [1.29, 1.82) is 0 Å². The third-order valence-electron chi connectivity index (χ3n) is 4.90. The van der Waals surface area contributed by atoms with Crippen LogP contribution in [0.5, 0.6) is 0 Å². The molecule has 1 aliphatic heterocycles. The highest BCUT2D eigenvalue weighted by molar-refractivity contribution is 5.53. The zero-order chi connectivity index (χ0) is 20.2. The molecular weight excluding hydrogens is 390 g/mol. The summed E-state index contributed by atoms with van der Waals surface area (Å²) in [4.78, 5) is 17.0. The number of hydrogen-bond acceptors (Lipinski definition) is 5. The number of rotatable bonds is 2. The molecule has 1 aliphatic rings. The van der Waals surface area contributed by atoms with Crippen molar-refractivity contribution >= 4 is 11.5 Å². The Morgan fingerprint density at radius 1 is 1.14 bits per heavy atom. The number of halogens is 4. The molecular formula is C18H13F4N7. The smallest absolute Gasteiger partial charge is 0.348 e. The lowest BCUT2D eigenvalue weighted by atomic mass is 10.00. The zero-order valence-corrected chi connectivity index (χ0v) is 14.7. The van der Waals surface area contributed by atoms with Crippen LogP contribution in [-0.2, 0) is 12.6 Å². The van der Waals surface area contributed by atoms with E-state index in [0.29, 0.717) is 29.9 Å². The first-order valence-corrected chi connectivity index (χ1v) is 8.73. The van der Waals surface area contributed by atoms with Crippen molar-refractivity contribution < 1.29 is 17.6 Å². The summed E-state index contributed by atoms with van der Waals surface area (Å²) in [6, 6.07) is 3.90. The van der Waals surface area contributed by atoms with Crippen molar-refractivity contribution in [3.63, 3.8) is 0 Å². The van der Waals surface area contributed by atoms with Crippen LogP contribution in [0.25, 0.3) is 5.52 Å². The van der Waals surface area contributed by atoms with E-state index in [9.17, 15) is 17.6 Å². The number of pyridine rings is 1. The van der Waals surface area contributed by atoms with Crippen molar-refractivity contribution in [3.8, 4) is 0 Å². The SMILES string of the molecule is Fc1cccn2nc([C@@H]3c4nc[nH]c4CCN3c3ncc(C(F)(F)F)cn3)cc12. The number of aromatic nitrogens is 6. The molecule has 0 unspecified atom stereocenters. The molecule has 7 nitrogen and oxygen atoms in total. The van der Waals surface area contributed by atoms with E-state index in [2.05, 4.69) is 25.0 Å². The summed E-state index contributed by atoms with van der Waals surface area (Å²) in [6.07, 6.45) is 0.734. The number of nitrogens with one attached hydrogen (secondary N) is 1. The first-order valence-electron chi connectivity index (χ1n) is 8.73. The van der Waals surface area contributed by atoms with Gasteiger partial charge in [0.15, 0.2) is 0 Å². The summed E-state index contributed by atoms with van der Waals surface area (Å²) in [6.45, 7) is 0.432. The Morgan fingerprint density at radius 3 is 2.66 bits per heavy atom. The summed E-state index contributed by atoms with van der Waals surface area (Å²) in [5, 5.41) is 4.45. The Bertz CT molecular complexity index is 1180. The average Bonchev–Trinajstić information content (AvgIpc) is 3.34. The van der Waals surface area contributed by atoms with Crippen LogP contribution in [0.15, 0.2) is 43.1 Å². The number of alkyl halides is 3. The molecule has 4 aromatic heterocycles. The van der Waals surface area contributed by atoms with Crippen molar-refractivity contribution in [3.05, 3.63) is 71.6 Å². The monoisotopic (exact) mass is 403 g/mol. The Hall–Kier alpha value is -3.50. The number of H-pyrrole nitrogens is 1. The molecule has 0 aliphatic carbocycles. The normalized spacial score (nSPS) is 17.0. The summed E-state index contributed by atoms with van der Waals surface area (Å²) >= 11 is 0. The third kappa shape index (κ3) is 2.89. The minimum Gasteiger partial charge on any atom is -0.348 e. The maximum absolute atomic E-state index is 14.2. The fourth-order valence-corrected chi connectivity index (χ4v) is 3.54. The van der Waals surface area contributed by atoms with Crippen LogP contribution in [0.3, 0.4) is 0 Å². The first-order chi connectivity index (χ1) is 13.9. The van der Waals surface area contributed by atoms with E-state index in [1.165, 1.54) is 16.6 Å². The lowest BCUT2D eigenvalue weighted by Crippen LogP contribution is -2.37. The van der Waals surface area contributed by atoms with Gasteiger partial charge in [-0.3, -0.25) is 0 Å². The van der Waals surface area contributed by atoms with E-state index in [4.69, 9.17) is 0 Å². The molecule has 0 saturated heterocycles. The van der Waals surface area contributed by atoms with Crippen LogP contribution in [0, 0.1) is 5.82 Å². The Kier molecular flexibility index (Phi) is 3.80. The van der Waals surface area contributed by atoms with Crippen LogP contribution < -0.4 is 4.90 Å². The number of aromatic amines is 1. The second kappa shape index (κ2) is 6.26. The third-order valence-corrected chi connectivity index (χ3v) is 4.90. The molecule has 0 fully saturated rings. The molecule has 29 heavy (non-hydrogen) atoms. The number of anilines is 1.